The van der Waals surface area contributed by atoms with Gasteiger partial charge in [0.05, 0.1) is 13.2 Å². The summed E-state index contributed by atoms with van der Waals surface area (Å²) in [7, 11) is 0. The van der Waals surface area contributed by atoms with Gasteiger partial charge in [-0.1, -0.05) is 6.07 Å². The summed E-state index contributed by atoms with van der Waals surface area (Å²) >= 11 is 0. The van der Waals surface area contributed by atoms with Crippen LogP contribution < -0.4 is 4.90 Å². The van der Waals surface area contributed by atoms with Crippen LogP contribution in [0.25, 0.3) is 0 Å². The number of pyridine rings is 1. The topological polar surface area (TPSA) is 42.4 Å². The van der Waals surface area contributed by atoms with Crippen molar-refractivity contribution in [2.45, 2.75) is 0 Å². The summed E-state index contributed by atoms with van der Waals surface area (Å²) in [6.45, 7) is 1.34. The molecule has 1 saturated heterocycles. The van der Waals surface area contributed by atoms with Gasteiger partial charge in [0.25, 0.3) is 5.91 Å². The molecule has 1 aromatic rings. The Morgan fingerprint density at radius 1 is 1.46 bits per heavy atom. The zero-order valence-corrected chi connectivity index (χ0v) is 7.14. The second kappa shape index (κ2) is 3.53. The van der Waals surface area contributed by atoms with Gasteiger partial charge >= 0.3 is 0 Å². The Balaban J connectivity index is 2.20. The third-order valence-corrected chi connectivity index (χ3v) is 1.91. The second-order valence-corrected chi connectivity index (χ2v) is 2.79. The number of rotatable bonds is 1. The molecule has 1 aliphatic rings. The van der Waals surface area contributed by atoms with E-state index in [4.69, 9.17) is 4.74 Å². The van der Waals surface area contributed by atoms with E-state index in [0.29, 0.717) is 19.0 Å². The molecule has 0 aliphatic carbocycles. The number of aromatic nitrogens is 1. The number of morpholine rings is 1. The summed E-state index contributed by atoms with van der Waals surface area (Å²) in [5, 5.41) is 0. The average molecular weight is 178 g/mol. The molecule has 1 amide bonds. The van der Waals surface area contributed by atoms with E-state index in [2.05, 4.69) is 4.98 Å². The van der Waals surface area contributed by atoms with Crippen molar-refractivity contribution in [3.8, 4) is 0 Å². The van der Waals surface area contributed by atoms with Crippen LogP contribution in [0.15, 0.2) is 24.4 Å². The van der Waals surface area contributed by atoms with Crippen LogP contribution in [0.2, 0.25) is 0 Å². The maximum Gasteiger partial charge on any atom is 0.254 e. The fraction of sp³-hybridized carbons (Fsp3) is 0.333. The van der Waals surface area contributed by atoms with Crippen molar-refractivity contribution in [3.05, 3.63) is 24.4 Å². The van der Waals surface area contributed by atoms with Crippen molar-refractivity contribution in [2.24, 2.45) is 0 Å². The minimum Gasteiger partial charge on any atom is -0.370 e. The molecule has 0 spiro atoms. The Morgan fingerprint density at radius 2 is 2.38 bits per heavy atom. The molecule has 68 valence electrons. The molecule has 0 aromatic carbocycles. The third-order valence-electron chi connectivity index (χ3n) is 1.91. The van der Waals surface area contributed by atoms with Gasteiger partial charge in [0, 0.05) is 6.20 Å². The van der Waals surface area contributed by atoms with E-state index >= 15 is 0 Å². The highest BCUT2D eigenvalue weighted by Gasteiger charge is 2.20. The van der Waals surface area contributed by atoms with Crippen molar-refractivity contribution in [1.82, 2.24) is 4.98 Å². The normalized spacial score (nSPS) is 17.5. The fourth-order valence-corrected chi connectivity index (χ4v) is 1.27. The molecule has 0 bridgehead atoms. The largest absolute Gasteiger partial charge is 0.370 e. The van der Waals surface area contributed by atoms with Crippen molar-refractivity contribution in [3.63, 3.8) is 0 Å². The number of carbonyl (C=O) groups is 1. The molecular formula is C9H10N2O2. The molecule has 2 rings (SSSR count). The predicted octanol–water partition coefficient (Wildman–Crippen LogP) is 0.445. The van der Waals surface area contributed by atoms with E-state index in [1.807, 2.05) is 18.2 Å². The van der Waals surface area contributed by atoms with E-state index in [0.717, 1.165) is 0 Å². The highest BCUT2D eigenvalue weighted by molar-refractivity contribution is 5.93. The Bertz CT molecular complexity index is 300. The van der Waals surface area contributed by atoms with Crippen LogP contribution in [0.5, 0.6) is 0 Å². The first-order chi connectivity index (χ1) is 6.38. The maximum atomic E-state index is 11.4. The molecule has 0 atom stereocenters. The Kier molecular flexibility index (Phi) is 2.23. The molecular weight excluding hydrogens is 168 g/mol. The van der Waals surface area contributed by atoms with Crippen LogP contribution in [-0.4, -0.2) is 30.6 Å². The smallest absolute Gasteiger partial charge is 0.254 e. The molecule has 0 saturated carbocycles. The number of carbonyl (C=O) groups excluding carboxylic acids is 1. The molecule has 4 heteroatoms. The third kappa shape index (κ3) is 1.67. The number of hydrogen-bond acceptors (Lipinski definition) is 3. The number of amides is 1. The summed E-state index contributed by atoms with van der Waals surface area (Å²) < 4.78 is 5.01. The zero-order valence-electron chi connectivity index (χ0n) is 7.14. The number of anilines is 1. The summed E-state index contributed by atoms with van der Waals surface area (Å²) in [6, 6.07) is 5.52. The molecule has 1 aliphatic heterocycles. The second-order valence-electron chi connectivity index (χ2n) is 2.79. The van der Waals surface area contributed by atoms with Gasteiger partial charge in [-0.3, -0.25) is 9.69 Å². The van der Waals surface area contributed by atoms with Crippen LogP contribution in [-0.2, 0) is 9.53 Å². The molecule has 1 aromatic heterocycles. The van der Waals surface area contributed by atoms with E-state index in [-0.39, 0.29) is 12.5 Å². The van der Waals surface area contributed by atoms with Crippen molar-refractivity contribution in [2.75, 3.05) is 24.7 Å². The van der Waals surface area contributed by atoms with Crippen LogP contribution in [0.1, 0.15) is 0 Å². The standard InChI is InChI=1S/C9H10N2O2/c12-9-7-13-6-5-11(9)8-3-1-2-4-10-8/h1-4H,5-7H2. The SMILES string of the molecule is O=C1COCCN1c1ccccn1. The Labute approximate surface area is 76.1 Å². The summed E-state index contributed by atoms with van der Waals surface area (Å²) in [4.78, 5) is 17.1. The first-order valence-electron chi connectivity index (χ1n) is 4.17. The Hall–Kier alpha value is -1.42. The zero-order chi connectivity index (χ0) is 9.10. The number of ether oxygens (including phenoxy) is 1. The highest BCUT2D eigenvalue weighted by Crippen LogP contribution is 2.11. The van der Waals surface area contributed by atoms with Gasteiger partial charge in [-0.05, 0) is 12.1 Å². The fourth-order valence-electron chi connectivity index (χ4n) is 1.27. The first kappa shape index (κ1) is 8.19. The monoisotopic (exact) mass is 178 g/mol. The maximum absolute atomic E-state index is 11.4. The quantitative estimate of drug-likeness (QED) is 0.626. The molecule has 2 heterocycles. The van der Waals surface area contributed by atoms with Gasteiger partial charge < -0.3 is 4.74 Å². The molecule has 4 nitrogen and oxygen atoms in total. The minimum absolute atomic E-state index is 0.0232. The molecule has 0 N–H and O–H groups in total. The van der Waals surface area contributed by atoms with E-state index in [1.54, 1.807) is 11.1 Å². The van der Waals surface area contributed by atoms with Crippen LogP contribution in [0, 0.1) is 0 Å². The first-order valence-corrected chi connectivity index (χ1v) is 4.17. The van der Waals surface area contributed by atoms with Crippen LogP contribution in [0.3, 0.4) is 0 Å². The van der Waals surface area contributed by atoms with Gasteiger partial charge in [0.15, 0.2) is 0 Å². The van der Waals surface area contributed by atoms with E-state index in [9.17, 15) is 4.79 Å². The van der Waals surface area contributed by atoms with Crippen molar-refractivity contribution >= 4 is 11.7 Å². The molecule has 0 unspecified atom stereocenters. The molecule has 1 fully saturated rings. The van der Waals surface area contributed by atoms with Crippen LogP contribution >= 0.6 is 0 Å². The number of hydrogen-bond donors (Lipinski definition) is 0. The average Bonchev–Trinajstić information content (AvgIpc) is 2.20. The van der Waals surface area contributed by atoms with Gasteiger partial charge in [0.1, 0.15) is 12.4 Å². The lowest BCUT2D eigenvalue weighted by molar-refractivity contribution is -0.125. The van der Waals surface area contributed by atoms with Gasteiger partial charge in [-0.25, -0.2) is 4.98 Å². The van der Waals surface area contributed by atoms with Crippen molar-refractivity contribution in [1.29, 1.82) is 0 Å². The van der Waals surface area contributed by atoms with Gasteiger partial charge in [-0.15, -0.1) is 0 Å². The minimum atomic E-state index is -0.0232. The molecule has 0 radical (unpaired) electrons. The lowest BCUT2D eigenvalue weighted by Crippen LogP contribution is -2.42. The summed E-state index contributed by atoms with van der Waals surface area (Å²) in [5.41, 5.74) is 0. The lowest BCUT2D eigenvalue weighted by atomic mass is 10.3. The van der Waals surface area contributed by atoms with Gasteiger partial charge in [0.2, 0.25) is 0 Å². The van der Waals surface area contributed by atoms with Crippen LogP contribution in [0.4, 0.5) is 5.82 Å². The van der Waals surface area contributed by atoms with E-state index < -0.39 is 0 Å². The summed E-state index contributed by atoms with van der Waals surface area (Å²) in [5.74, 6) is 0.681. The molecule has 13 heavy (non-hydrogen) atoms. The predicted molar refractivity (Wildman–Crippen MR) is 47.4 cm³/mol. The van der Waals surface area contributed by atoms with Gasteiger partial charge in [-0.2, -0.15) is 0 Å². The summed E-state index contributed by atoms with van der Waals surface area (Å²) in [6.07, 6.45) is 1.68. The highest BCUT2D eigenvalue weighted by atomic mass is 16.5. The lowest BCUT2D eigenvalue weighted by Gasteiger charge is -2.25. The van der Waals surface area contributed by atoms with Crippen molar-refractivity contribution < 1.29 is 9.53 Å². The number of nitrogens with zero attached hydrogens (tertiary/aromatic N) is 2. The van der Waals surface area contributed by atoms with E-state index in [1.165, 1.54) is 0 Å². The Morgan fingerprint density at radius 3 is 3.08 bits per heavy atom.